The number of benzene rings is 3. The predicted molar refractivity (Wildman–Crippen MR) is 136 cm³/mol. The zero-order chi connectivity index (χ0) is 28.3. The minimum atomic E-state index is -4.51. The van der Waals surface area contributed by atoms with Crippen LogP contribution in [0.25, 0.3) is 12.2 Å². The monoisotopic (exact) mass is 585 g/mol. The van der Waals surface area contributed by atoms with Gasteiger partial charge in [-0.1, -0.05) is 29.8 Å². The molecule has 0 aliphatic carbocycles. The smallest absolute Gasteiger partial charge is 0.387 e. The number of carboxylic acids is 1. The molecule has 0 bridgehead atoms. The van der Waals surface area contributed by atoms with Crippen LogP contribution in [0.3, 0.4) is 0 Å². The van der Waals surface area contributed by atoms with Gasteiger partial charge in [-0.25, -0.2) is 17.2 Å². The number of rotatable bonds is 9. The number of nitrogens with zero attached hydrogens (tertiary/aromatic N) is 1. The van der Waals surface area contributed by atoms with Crippen molar-refractivity contribution in [3.8, 4) is 11.5 Å². The third-order valence-electron chi connectivity index (χ3n) is 5.74. The fraction of sp³-hybridized carbons (Fsp3) is 0.192. The Labute approximate surface area is 225 Å². The lowest BCUT2D eigenvalue weighted by molar-refractivity contribution is -0.137. The first kappa shape index (κ1) is 28.2. The normalized spacial score (nSPS) is 15.3. The second kappa shape index (κ2) is 11.5. The summed E-state index contributed by atoms with van der Waals surface area (Å²) in [5, 5.41) is 9.22. The van der Waals surface area contributed by atoms with Crippen LogP contribution in [0.1, 0.15) is 24.0 Å². The average Bonchev–Trinajstić information content (AvgIpc) is 2.87. The van der Waals surface area contributed by atoms with E-state index in [4.69, 9.17) is 21.4 Å². The van der Waals surface area contributed by atoms with Gasteiger partial charge in [-0.2, -0.15) is 8.78 Å². The summed E-state index contributed by atoms with van der Waals surface area (Å²) in [5.74, 6) is -3.72. The average molecular weight is 586 g/mol. The van der Waals surface area contributed by atoms with Gasteiger partial charge >= 0.3 is 12.6 Å². The van der Waals surface area contributed by atoms with Gasteiger partial charge in [0, 0.05) is 18.1 Å². The molecular weight excluding hydrogens is 566 g/mol. The van der Waals surface area contributed by atoms with E-state index >= 15 is 0 Å². The summed E-state index contributed by atoms with van der Waals surface area (Å²) in [6, 6.07) is 10.9. The Hall–Kier alpha value is -3.77. The van der Waals surface area contributed by atoms with Crippen molar-refractivity contribution in [2.45, 2.75) is 30.5 Å². The van der Waals surface area contributed by atoms with Crippen LogP contribution >= 0.6 is 11.6 Å². The number of halogens is 5. The standard InChI is InChI=1S/C26H20ClF4NO6S/c27-19-2-1-3-20(28)18(19)8-4-15-5-10-23-22(12-15)32(14-16(37-23)6-11-25(33)34)39(35,36)17-7-9-21(29)24(13-17)38-26(30)31/h1-5,7-10,12-13,16,26H,6,11,14H2,(H,33,34)/b8-4+/t16-/m0/s1. The highest BCUT2D eigenvalue weighted by Gasteiger charge is 2.35. The zero-order valence-electron chi connectivity index (χ0n) is 19.9. The summed E-state index contributed by atoms with van der Waals surface area (Å²) in [6.45, 7) is -3.71. The third kappa shape index (κ3) is 6.45. The lowest BCUT2D eigenvalue weighted by Gasteiger charge is -2.35. The number of alkyl halides is 2. The number of aliphatic carboxylic acids is 1. The predicted octanol–water partition coefficient (Wildman–Crippen LogP) is 6.21. The number of hydrogen-bond donors (Lipinski definition) is 1. The van der Waals surface area contributed by atoms with E-state index in [2.05, 4.69) is 4.74 Å². The Morgan fingerprint density at radius 3 is 2.59 bits per heavy atom. The van der Waals surface area contributed by atoms with Crippen LogP contribution < -0.4 is 13.8 Å². The summed E-state index contributed by atoms with van der Waals surface area (Å²) in [5.41, 5.74) is 0.593. The number of fused-ring (bicyclic) bond motifs is 1. The number of carbonyl (C=O) groups is 1. The number of sulfonamides is 1. The lowest BCUT2D eigenvalue weighted by Crippen LogP contribution is -2.43. The van der Waals surface area contributed by atoms with Gasteiger partial charge in [0.1, 0.15) is 17.7 Å². The van der Waals surface area contributed by atoms with Gasteiger partial charge in [-0.05, 0) is 54.5 Å². The summed E-state index contributed by atoms with van der Waals surface area (Å²) in [6.07, 6.45) is 1.71. The molecule has 0 unspecified atom stereocenters. The lowest BCUT2D eigenvalue weighted by atomic mass is 10.1. The van der Waals surface area contributed by atoms with Crippen LogP contribution in [-0.4, -0.2) is 38.8 Å². The molecule has 0 saturated carbocycles. The van der Waals surface area contributed by atoms with Gasteiger partial charge in [0.05, 0.1) is 22.2 Å². The van der Waals surface area contributed by atoms with E-state index in [1.807, 2.05) is 0 Å². The van der Waals surface area contributed by atoms with Crippen LogP contribution in [0.15, 0.2) is 59.5 Å². The van der Waals surface area contributed by atoms with Gasteiger partial charge in [0.2, 0.25) is 0 Å². The Morgan fingerprint density at radius 2 is 1.90 bits per heavy atom. The van der Waals surface area contributed by atoms with Crippen LogP contribution in [0.5, 0.6) is 11.5 Å². The van der Waals surface area contributed by atoms with Crippen molar-refractivity contribution < 1.29 is 45.4 Å². The summed E-state index contributed by atoms with van der Waals surface area (Å²) in [7, 11) is -4.51. The highest BCUT2D eigenvalue weighted by Crippen LogP contribution is 2.39. The SMILES string of the molecule is O=C(O)CC[C@H]1CN(S(=O)(=O)c2ccc(F)c(OC(F)F)c2)c2cc(/C=C/c3c(F)cccc3Cl)ccc2O1. The Kier molecular flexibility index (Phi) is 8.36. The van der Waals surface area contributed by atoms with Crippen molar-refractivity contribution >= 4 is 45.4 Å². The molecule has 1 atom stereocenters. The van der Waals surface area contributed by atoms with E-state index in [1.165, 1.54) is 42.5 Å². The molecule has 0 amide bonds. The molecule has 0 fully saturated rings. The Bertz CT molecular complexity index is 1510. The molecule has 1 heterocycles. The number of hydrogen-bond acceptors (Lipinski definition) is 5. The maximum atomic E-state index is 14.2. The van der Waals surface area contributed by atoms with E-state index in [9.17, 15) is 30.8 Å². The molecule has 39 heavy (non-hydrogen) atoms. The molecule has 1 N–H and O–H groups in total. The molecule has 0 spiro atoms. The molecule has 3 aromatic carbocycles. The molecule has 0 radical (unpaired) electrons. The first-order chi connectivity index (χ1) is 18.5. The molecule has 4 rings (SSSR count). The molecule has 0 aromatic heterocycles. The van der Waals surface area contributed by atoms with Crippen LogP contribution in [0.2, 0.25) is 5.02 Å². The number of ether oxygens (including phenoxy) is 2. The maximum absolute atomic E-state index is 14.2. The fourth-order valence-corrected chi connectivity index (χ4v) is 5.64. The second-order valence-corrected chi connectivity index (χ2v) is 10.6. The molecular formula is C26H20ClF4NO6S. The minimum absolute atomic E-state index is 0.0304. The van der Waals surface area contributed by atoms with Gasteiger partial charge in [0.25, 0.3) is 10.0 Å². The van der Waals surface area contributed by atoms with E-state index in [-0.39, 0.29) is 41.4 Å². The quantitative estimate of drug-likeness (QED) is 0.237. The van der Waals surface area contributed by atoms with E-state index in [0.717, 1.165) is 10.4 Å². The van der Waals surface area contributed by atoms with Gasteiger partial charge < -0.3 is 14.6 Å². The van der Waals surface area contributed by atoms with Crippen LogP contribution in [0.4, 0.5) is 23.2 Å². The second-order valence-electron chi connectivity index (χ2n) is 8.37. The first-order valence-corrected chi connectivity index (χ1v) is 13.2. The van der Waals surface area contributed by atoms with Crippen molar-refractivity contribution in [2.75, 3.05) is 10.8 Å². The van der Waals surface area contributed by atoms with Gasteiger partial charge in [0.15, 0.2) is 11.6 Å². The van der Waals surface area contributed by atoms with E-state index in [0.29, 0.717) is 17.7 Å². The highest BCUT2D eigenvalue weighted by atomic mass is 35.5. The first-order valence-electron chi connectivity index (χ1n) is 11.4. The van der Waals surface area contributed by atoms with Crippen molar-refractivity contribution in [2.24, 2.45) is 0 Å². The highest BCUT2D eigenvalue weighted by molar-refractivity contribution is 7.92. The molecule has 1 aliphatic heterocycles. The van der Waals surface area contributed by atoms with Gasteiger partial charge in [-0.3, -0.25) is 9.10 Å². The minimum Gasteiger partial charge on any atom is -0.486 e. The maximum Gasteiger partial charge on any atom is 0.387 e. The summed E-state index contributed by atoms with van der Waals surface area (Å²) < 4.78 is 91.8. The van der Waals surface area contributed by atoms with Gasteiger partial charge in [-0.15, -0.1) is 0 Å². The molecule has 1 aliphatic rings. The zero-order valence-corrected chi connectivity index (χ0v) is 21.4. The topological polar surface area (TPSA) is 93.1 Å². The van der Waals surface area contributed by atoms with E-state index in [1.54, 1.807) is 6.07 Å². The molecule has 0 saturated heterocycles. The molecule has 7 nitrogen and oxygen atoms in total. The summed E-state index contributed by atoms with van der Waals surface area (Å²) >= 11 is 6.06. The van der Waals surface area contributed by atoms with Crippen LogP contribution in [0, 0.1) is 11.6 Å². The van der Waals surface area contributed by atoms with Crippen LogP contribution in [-0.2, 0) is 14.8 Å². The fourth-order valence-electron chi connectivity index (χ4n) is 3.90. The third-order valence-corrected chi connectivity index (χ3v) is 7.85. The number of anilines is 1. The number of carboxylic acid groups (broad SMARTS) is 1. The molecule has 3 aromatic rings. The van der Waals surface area contributed by atoms with Crippen molar-refractivity contribution in [1.29, 1.82) is 0 Å². The molecule has 206 valence electrons. The van der Waals surface area contributed by atoms with Crippen molar-refractivity contribution in [3.05, 3.63) is 82.4 Å². The summed E-state index contributed by atoms with van der Waals surface area (Å²) in [4.78, 5) is 10.5. The largest absolute Gasteiger partial charge is 0.486 e. The van der Waals surface area contributed by atoms with Crippen molar-refractivity contribution in [3.63, 3.8) is 0 Å². The molecule has 13 heteroatoms. The Morgan fingerprint density at radius 1 is 1.13 bits per heavy atom. The van der Waals surface area contributed by atoms with E-state index < -0.39 is 51.0 Å². The van der Waals surface area contributed by atoms with Crippen molar-refractivity contribution in [1.82, 2.24) is 0 Å². The Balaban J connectivity index is 1.76.